The van der Waals surface area contributed by atoms with Crippen LogP contribution in [0, 0.1) is 5.92 Å². The van der Waals surface area contributed by atoms with Crippen molar-refractivity contribution in [2.75, 3.05) is 6.61 Å². The first-order chi connectivity index (χ1) is 16.0. The van der Waals surface area contributed by atoms with Crippen LogP contribution in [0.1, 0.15) is 156 Å². The summed E-state index contributed by atoms with van der Waals surface area (Å²) < 4.78 is 10.9. The highest BCUT2D eigenvalue weighted by Gasteiger charge is 2.19. The van der Waals surface area contributed by atoms with Crippen molar-refractivity contribution in [3.63, 3.8) is 0 Å². The molecule has 196 valence electrons. The standard InChI is InChI=1S/C29H56O4/c1-5-8-9-10-11-12-13-14-15-16-17-18-19-20-25-32-28(30)23-21-24-29(31)33-27(7-3)26(4)22-6-2/h26-27H,5-25H2,1-4H3. The first-order valence-corrected chi connectivity index (χ1v) is 14.4. The molecule has 0 bridgehead atoms. The van der Waals surface area contributed by atoms with Crippen molar-refractivity contribution in [3.8, 4) is 0 Å². The minimum atomic E-state index is -0.191. The monoisotopic (exact) mass is 468 g/mol. The molecule has 0 aromatic heterocycles. The predicted molar refractivity (Wildman–Crippen MR) is 139 cm³/mol. The number of hydrogen-bond donors (Lipinski definition) is 0. The van der Waals surface area contributed by atoms with E-state index in [1.165, 1.54) is 77.0 Å². The van der Waals surface area contributed by atoms with Gasteiger partial charge in [0.15, 0.2) is 0 Å². The molecule has 0 amide bonds. The van der Waals surface area contributed by atoms with E-state index in [4.69, 9.17) is 9.47 Å². The second-order valence-corrected chi connectivity index (χ2v) is 9.87. The van der Waals surface area contributed by atoms with Gasteiger partial charge in [0, 0.05) is 12.8 Å². The Labute approximate surface area is 206 Å². The van der Waals surface area contributed by atoms with Gasteiger partial charge in [0.1, 0.15) is 6.10 Å². The van der Waals surface area contributed by atoms with Crippen LogP contribution < -0.4 is 0 Å². The summed E-state index contributed by atoms with van der Waals surface area (Å²) in [5.74, 6) is 0.00693. The van der Waals surface area contributed by atoms with Crippen LogP contribution in [-0.4, -0.2) is 24.6 Å². The van der Waals surface area contributed by atoms with Crippen LogP contribution in [0.5, 0.6) is 0 Å². The largest absolute Gasteiger partial charge is 0.466 e. The summed E-state index contributed by atoms with van der Waals surface area (Å²) in [6, 6.07) is 0. The molecular weight excluding hydrogens is 412 g/mol. The molecule has 0 aliphatic carbocycles. The fourth-order valence-electron chi connectivity index (χ4n) is 4.40. The van der Waals surface area contributed by atoms with Gasteiger partial charge in [0.25, 0.3) is 0 Å². The summed E-state index contributed by atoms with van der Waals surface area (Å²) in [4.78, 5) is 23.9. The van der Waals surface area contributed by atoms with Crippen LogP contribution in [-0.2, 0) is 19.1 Å². The summed E-state index contributed by atoms with van der Waals surface area (Å²) in [5, 5.41) is 0. The molecule has 0 aliphatic rings. The van der Waals surface area contributed by atoms with Crippen molar-refractivity contribution >= 4 is 11.9 Å². The molecule has 2 atom stereocenters. The topological polar surface area (TPSA) is 52.6 Å². The summed E-state index contributed by atoms with van der Waals surface area (Å²) in [6.45, 7) is 9.12. The lowest BCUT2D eigenvalue weighted by molar-refractivity contribution is -0.152. The third-order valence-corrected chi connectivity index (χ3v) is 6.59. The minimum absolute atomic E-state index is 0.00952. The number of hydrogen-bond acceptors (Lipinski definition) is 4. The van der Waals surface area contributed by atoms with Gasteiger partial charge in [0.2, 0.25) is 0 Å². The quantitative estimate of drug-likeness (QED) is 0.105. The average molecular weight is 469 g/mol. The maximum absolute atomic E-state index is 12.0. The molecule has 0 fully saturated rings. The van der Waals surface area contributed by atoms with Crippen LogP contribution in [0.25, 0.3) is 0 Å². The van der Waals surface area contributed by atoms with Gasteiger partial charge in [-0.05, 0) is 31.6 Å². The van der Waals surface area contributed by atoms with Crippen LogP contribution in [0.3, 0.4) is 0 Å². The summed E-state index contributed by atoms with van der Waals surface area (Å²) in [7, 11) is 0. The van der Waals surface area contributed by atoms with E-state index in [2.05, 4.69) is 27.7 Å². The second kappa shape index (κ2) is 24.1. The molecule has 0 aromatic carbocycles. The van der Waals surface area contributed by atoms with E-state index >= 15 is 0 Å². The van der Waals surface area contributed by atoms with Crippen molar-refractivity contribution < 1.29 is 19.1 Å². The Morgan fingerprint density at radius 1 is 0.606 bits per heavy atom. The molecule has 0 aliphatic heterocycles. The second-order valence-electron chi connectivity index (χ2n) is 9.87. The Kier molecular flexibility index (Phi) is 23.3. The molecule has 4 nitrogen and oxygen atoms in total. The highest BCUT2D eigenvalue weighted by atomic mass is 16.5. The smallest absolute Gasteiger partial charge is 0.306 e. The Hall–Kier alpha value is -1.06. The van der Waals surface area contributed by atoms with Gasteiger partial charge in [-0.2, -0.15) is 0 Å². The Balaban J connectivity index is 3.46. The molecule has 0 radical (unpaired) electrons. The predicted octanol–water partition coefficient (Wildman–Crippen LogP) is 8.94. The van der Waals surface area contributed by atoms with Gasteiger partial charge in [-0.25, -0.2) is 0 Å². The van der Waals surface area contributed by atoms with Gasteiger partial charge in [-0.1, -0.05) is 118 Å². The van der Waals surface area contributed by atoms with Gasteiger partial charge in [0.05, 0.1) is 6.61 Å². The fraction of sp³-hybridized carbons (Fsp3) is 0.931. The zero-order valence-corrected chi connectivity index (χ0v) is 22.6. The number of ether oxygens (including phenoxy) is 2. The highest BCUT2D eigenvalue weighted by Crippen LogP contribution is 2.18. The van der Waals surface area contributed by atoms with Crippen LogP contribution in [0.2, 0.25) is 0 Å². The van der Waals surface area contributed by atoms with Crippen molar-refractivity contribution in [1.29, 1.82) is 0 Å². The Morgan fingerprint density at radius 2 is 1.09 bits per heavy atom. The van der Waals surface area contributed by atoms with Crippen LogP contribution in [0.15, 0.2) is 0 Å². The van der Waals surface area contributed by atoms with E-state index in [0.717, 1.165) is 32.1 Å². The van der Waals surface area contributed by atoms with Crippen molar-refractivity contribution in [1.82, 2.24) is 0 Å². The minimum Gasteiger partial charge on any atom is -0.466 e. The number of rotatable bonds is 24. The number of carbonyl (C=O) groups excluding carboxylic acids is 2. The fourth-order valence-corrected chi connectivity index (χ4v) is 4.40. The number of unbranched alkanes of at least 4 members (excludes halogenated alkanes) is 13. The van der Waals surface area contributed by atoms with Crippen molar-refractivity contribution in [2.24, 2.45) is 5.92 Å². The summed E-state index contributed by atoms with van der Waals surface area (Å²) in [6.07, 6.45) is 22.6. The molecule has 0 rings (SSSR count). The molecular formula is C29H56O4. The van der Waals surface area contributed by atoms with E-state index in [1.807, 2.05) is 0 Å². The third-order valence-electron chi connectivity index (χ3n) is 6.59. The van der Waals surface area contributed by atoms with Gasteiger partial charge >= 0.3 is 11.9 Å². The lowest BCUT2D eigenvalue weighted by Crippen LogP contribution is -2.24. The molecule has 0 heterocycles. The first kappa shape index (κ1) is 31.9. The normalized spacial score (nSPS) is 13.0. The maximum atomic E-state index is 12.0. The molecule has 4 heteroatoms. The highest BCUT2D eigenvalue weighted by molar-refractivity contribution is 5.72. The molecule has 0 saturated heterocycles. The number of esters is 2. The van der Waals surface area contributed by atoms with Gasteiger partial charge in [-0.15, -0.1) is 0 Å². The summed E-state index contributed by atoms with van der Waals surface area (Å²) in [5.41, 5.74) is 0. The summed E-state index contributed by atoms with van der Waals surface area (Å²) >= 11 is 0. The van der Waals surface area contributed by atoms with E-state index in [9.17, 15) is 9.59 Å². The third kappa shape index (κ3) is 21.2. The SMILES string of the molecule is CCCCCCCCCCCCCCCCOC(=O)CCCC(=O)OC(CC)C(C)CCC. The molecule has 0 spiro atoms. The Morgan fingerprint density at radius 3 is 1.58 bits per heavy atom. The van der Waals surface area contributed by atoms with Crippen molar-refractivity contribution in [2.45, 2.75) is 162 Å². The molecule has 0 N–H and O–H groups in total. The zero-order valence-electron chi connectivity index (χ0n) is 22.6. The molecule has 2 unspecified atom stereocenters. The average Bonchev–Trinajstić information content (AvgIpc) is 2.80. The zero-order chi connectivity index (χ0) is 24.6. The van der Waals surface area contributed by atoms with Gasteiger partial charge in [-0.3, -0.25) is 9.59 Å². The maximum Gasteiger partial charge on any atom is 0.306 e. The molecule has 33 heavy (non-hydrogen) atoms. The Bertz CT molecular complexity index is 449. The van der Waals surface area contributed by atoms with Crippen LogP contribution >= 0.6 is 0 Å². The van der Waals surface area contributed by atoms with Gasteiger partial charge < -0.3 is 9.47 Å². The van der Waals surface area contributed by atoms with E-state index < -0.39 is 0 Å². The number of carbonyl (C=O) groups is 2. The van der Waals surface area contributed by atoms with E-state index in [0.29, 0.717) is 31.8 Å². The van der Waals surface area contributed by atoms with Crippen LogP contribution in [0.4, 0.5) is 0 Å². The van der Waals surface area contributed by atoms with E-state index in [-0.39, 0.29) is 18.0 Å². The van der Waals surface area contributed by atoms with Crippen molar-refractivity contribution in [3.05, 3.63) is 0 Å². The molecule has 0 aromatic rings. The van der Waals surface area contributed by atoms with E-state index in [1.54, 1.807) is 0 Å². The molecule has 0 saturated carbocycles. The lowest BCUT2D eigenvalue weighted by atomic mass is 9.97. The lowest BCUT2D eigenvalue weighted by Gasteiger charge is -2.22. The first-order valence-electron chi connectivity index (χ1n) is 14.4.